The highest BCUT2D eigenvalue weighted by atomic mass is 19.4. The Morgan fingerprint density at radius 1 is 0.930 bits per heavy atom. The molecule has 4 aromatic rings. The monoisotopic (exact) mass is 596 g/mol. The van der Waals surface area contributed by atoms with Crippen molar-refractivity contribution in [3.63, 3.8) is 0 Å². The summed E-state index contributed by atoms with van der Waals surface area (Å²) in [6, 6.07) is 15.4. The Bertz CT molecular complexity index is 1700. The average molecular weight is 597 g/mol. The molecule has 0 bridgehead atoms. The third kappa shape index (κ3) is 6.13. The SMILES string of the molecule is CC(C)Oc1ccc(-n2c(CC(=O)NC3(C(=O)O)CC3)c(C(=O)O)c3cc(Oc4ccc(C(F)(F)F)cc4)ccc32)cc1. The first-order valence-electron chi connectivity index (χ1n) is 13.3. The van der Waals surface area contributed by atoms with Gasteiger partial charge in [0, 0.05) is 16.8 Å². The van der Waals surface area contributed by atoms with Gasteiger partial charge in [-0.2, -0.15) is 13.2 Å². The van der Waals surface area contributed by atoms with E-state index in [1.165, 1.54) is 12.1 Å². The summed E-state index contributed by atoms with van der Waals surface area (Å²) in [6.45, 7) is 3.74. The third-order valence-electron chi connectivity index (χ3n) is 7.00. The number of amides is 1. The zero-order chi connectivity index (χ0) is 31.1. The summed E-state index contributed by atoms with van der Waals surface area (Å²) in [7, 11) is 0. The van der Waals surface area contributed by atoms with Crippen LogP contribution >= 0.6 is 0 Å². The van der Waals surface area contributed by atoms with Crippen molar-refractivity contribution in [2.75, 3.05) is 0 Å². The van der Waals surface area contributed by atoms with E-state index < -0.39 is 41.5 Å². The van der Waals surface area contributed by atoms with Crippen molar-refractivity contribution in [2.45, 2.75) is 50.9 Å². The van der Waals surface area contributed by atoms with Gasteiger partial charge in [-0.15, -0.1) is 0 Å². The minimum absolute atomic E-state index is 0.0804. The highest BCUT2D eigenvalue weighted by molar-refractivity contribution is 6.07. The van der Waals surface area contributed by atoms with Crippen molar-refractivity contribution in [1.29, 1.82) is 0 Å². The number of fused-ring (bicyclic) bond motifs is 1. The molecule has 0 radical (unpaired) electrons. The number of alkyl halides is 3. The van der Waals surface area contributed by atoms with Crippen molar-refractivity contribution in [3.8, 4) is 22.9 Å². The summed E-state index contributed by atoms with van der Waals surface area (Å²) in [4.78, 5) is 37.4. The number of nitrogens with one attached hydrogen (secondary N) is 1. The number of carbonyl (C=O) groups is 3. The summed E-state index contributed by atoms with van der Waals surface area (Å²) < 4.78 is 51.9. The van der Waals surface area contributed by atoms with Crippen LogP contribution in [0, 0.1) is 0 Å². The first-order chi connectivity index (χ1) is 20.3. The molecule has 1 heterocycles. The molecule has 3 N–H and O–H groups in total. The number of nitrogens with zero attached hydrogens (tertiary/aromatic N) is 1. The van der Waals surface area contributed by atoms with E-state index in [4.69, 9.17) is 9.47 Å². The molecular weight excluding hydrogens is 569 g/mol. The molecule has 0 saturated heterocycles. The van der Waals surface area contributed by atoms with Gasteiger partial charge in [0.15, 0.2) is 0 Å². The van der Waals surface area contributed by atoms with Gasteiger partial charge in [0.25, 0.3) is 0 Å². The lowest BCUT2D eigenvalue weighted by Gasteiger charge is -2.16. The third-order valence-corrected chi connectivity index (χ3v) is 7.00. The first kappa shape index (κ1) is 29.5. The van der Waals surface area contributed by atoms with Crippen LogP contribution < -0.4 is 14.8 Å². The van der Waals surface area contributed by atoms with Crippen LogP contribution in [0.4, 0.5) is 13.2 Å². The van der Waals surface area contributed by atoms with E-state index in [1.54, 1.807) is 34.9 Å². The predicted molar refractivity (Wildman–Crippen MR) is 149 cm³/mol. The second kappa shape index (κ2) is 11.0. The molecule has 1 aliphatic carbocycles. The van der Waals surface area contributed by atoms with Crippen LogP contribution in [0.1, 0.15) is 48.3 Å². The number of rotatable bonds is 10. The van der Waals surface area contributed by atoms with Gasteiger partial charge >= 0.3 is 18.1 Å². The van der Waals surface area contributed by atoms with Gasteiger partial charge in [-0.3, -0.25) is 4.79 Å². The number of benzene rings is 3. The Balaban J connectivity index is 1.58. The van der Waals surface area contributed by atoms with Crippen LogP contribution in [-0.2, 0) is 22.2 Å². The lowest BCUT2D eigenvalue weighted by molar-refractivity contribution is -0.143. The molecule has 224 valence electrons. The number of aromatic carboxylic acids is 1. The van der Waals surface area contributed by atoms with E-state index in [0.717, 1.165) is 24.3 Å². The molecular formula is C31H27F3N2O7. The molecule has 1 aromatic heterocycles. The molecule has 1 aliphatic rings. The largest absolute Gasteiger partial charge is 0.491 e. The maximum atomic E-state index is 13.1. The van der Waals surface area contributed by atoms with Crippen LogP contribution in [0.3, 0.4) is 0 Å². The second-order valence-corrected chi connectivity index (χ2v) is 10.5. The predicted octanol–water partition coefficient (Wildman–Crippen LogP) is 6.20. The van der Waals surface area contributed by atoms with Crippen LogP contribution in [0.5, 0.6) is 17.2 Å². The molecule has 1 saturated carbocycles. The number of hydrogen-bond donors (Lipinski definition) is 3. The van der Waals surface area contributed by atoms with Gasteiger partial charge < -0.3 is 29.6 Å². The Kier molecular flexibility index (Phi) is 7.55. The summed E-state index contributed by atoms with van der Waals surface area (Å²) >= 11 is 0. The normalized spacial score (nSPS) is 14.0. The average Bonchev–Trinajstić information content (AvgIpc) is 3.64. The topological polar surface area (TPSA) is 127 Å². The molecule has 5 rings (SSSR count). The van der Waals surface area contributed by atoms with E-state index in [1.807, 2.05) is 13.8 Å². The number of halogens is 3. The van der Waals surface area contributed by atoms with Gasteiger partial charge in [0.05, 0.1) is 29.2 Å². The highest BCUT2D eigenvalue weighted by Crippen LogP contribution is 2.38. The molecule has 3 aromatic carbocycles. The Morgan fingerprint density at radius 3 is 2.07 bits per heavy atom. The lowest BCUT2D eigenvalue weighted by Crippen LogP contribution is -2.44. The van der Waals surface area contributed by atoms with Crippen molar-refractivity contribution in [3.05, 3.63) is 83.6 Å². The molecule has 12 heteroatoms. The van der Waals surface area contributed by atoms with Crippen molar-refractivity contribution in [2.24, 2.45) is 0 Å². The Morgan fingerprint density at radius 2 is 1.53 bits per heavy atom. The summed E-state index contributed by atoms with van der Waals surface area (Å²) in [5, 5.41) is 22.5. The standard InChI is InChI=1S/C31H27F3N2O7/c1-17(2)42-20-9-5-19(6-10-20)36-24-12-11-22(43-21-7-3-18(4-8-21)31(32,33)34)15-23(24)27(28(38)39)25(36)16-26(37)35-30(13-14-30)29(40)41/h3-12,15,17H,13-14,16H2,1-2H3,(H,35,37)(H,38,39)(H,40,41). The van der Waals surface area contributed by atoms with Crippen LogP contribution in [0.15, 0.2) is 66.7 Å². The maximum Gasteiger partial charge on any atom is 0.416 e. The minimum Gasteiger partial charge on any atom is -0.491 e. The molecule has 0 aliphatic heterocycles. The molecule has 0 unspecified atom stereocenters. The smallest absolute Gasteiger partial charge is 0.416 e. The zero-order valence-corrected chi connectivity index (χ0v) is 23.1. The van der Waals surface area contributed by atoms with Crippen molar-refractivity contribution in [1.82, 2.24) is 9.88 Å². The zero-order valence-electron chi connectivity index (χ0n) is 23.1. The Labute approximate surface area is 243 Å². The minimum atomic E-state index is -4.51. The molecule has 0 spiro atoms. The summed E-state index contributed by atoms with van der Waals surface area (Å²) in [5.41, 5.74) is -1.38. The van der Waals surface area contributed by atoms with E-state index in [0.29, 0.717) is 17.0 Å². The Hall–Kier alpha value is -5.00. The summed E-state index contributed by atoms with van der Waals surface area (Å²) in [6.07, 6.45) is -4.49. The second-order valence-electron chi connectivity index (χ2n) is 10.5. The van der Waals surface area contributed by atoms with Gasteiger partial charge in [-0.05, 0) is 93.4 Å². The van der Waals surface area contributed by atoms with E-state index >= 15 is 0 Å². The van der Waals surface area contributed by atoms with Crippen molar-refractivity contribution >= 4 is 28.7 Å². The highest BCUT2D eigenvalue weighted by Gasteiger charge is 2.51. The molecule has 43 heavy (non-hydrogen) atoms. The van der Waals surface area contributed by atoms with Crippen molar-refractivity contribution < 1.29 is 47.2 Å². The van der Waals surface area contributed by atoms with Gasteiger partial charge in [-0.1, -0.05) is 0 Å². The van der Waals surface area contributed by atoms with Gasteiger partial charge in [0.2, 0.25) is 5.91 Å². The summed E-state index contributed by atoms with van der Waals surface area (Å²) in [5.74, 6) is -2.31. The number of carbonyl (C=O) groups excluding carboxylic acids is 1. The fourth-order valence-electron chi connectivity index (χ4n) is 4.86. The van der Waals surface area contributed by atoms with Gasteiger partial charge in [0.1, 0.15) is 22.8 Å². The number of hydrogen-bond acceptors (Lipinski definition) is 5. The quantitative estimate of drug-likeness (QED) is 0.199. The van der Waals surface area contributed by atoms with Gasteiger partial charge in [-0.25, -0.2) is 9.59 Å². The fourth-order valence-corrected chi connectivity index (χ4v) is 4.86. The molecule has 9 nitrogen and oxygen atoms in total. The van der Waals surface area contributed by atoms with Crippen LogP contribution in [0.25, 0.3) is 16.6 Å². The van der Waals surface area contributed by atoms with Crippen LogP contribution in [-0.4, -0.2) is 44.3 Å². The fraction of sp³-hybridized carbons (Fsp3) is 0.258. The number of ether oxygens (including phenoxy) is 2. The number of aliphatic carboxylic acids is 1. The lowest BCUT2D eigenvalue weighted by atomic mass is 10.1. The number of aromatic nitrogens is 1. The molecule has 1 fully saturated rings. The number of carboxylic acid groups (broad SMARTS) is 2. The van der Waals surface area contributed by atoms with E-state index in [2.05, 4.69) is 5.32 Å². The van der Waals surface area contributed by atoms with Crippen LogP contribution in [0.2, 0.25) is 0 Å². The van der Waals surface area contributed by atoms with E-state index in [-0.39, 0.29) is 47.1 Å². The number of carboxylic acids is 2. The molecule has 1 amide bonds. The maximum absolute atomic E-state index is 13.1. The first-order valence-corrected chi connectivity index (χ1v) is 13.3. The van der Waals surface area contributed by atoms with E-state index in [9.17, 15) is 37.8 Å². The molecule has 0 atom stereocenters.